The van der Waals surface area contributed by atoms with Crippen molar-refractivity contribution in [2.75, 3.05) is 0 Å². The van der Waals surface area contributed by atoms with Gasteiger partial charge in [0.15, 0.2) is 11.6 Å². The van der Waals surface area contributed by atoms with Gasteiger partial charge in [-0.05, 0) is 42.8 Å². The third-order valence-corrected chi connectivity index (χ3v) is 3.47. The molecular formula is C14H10F2OS. The van der Waals surface area contributed by atoms with Gasteiger partial charge in [-0.15, -0.1) is 0 Å². The van der Waals surface area contributed by atoms with E-state index in [0.29, 0.717) is 10.5 Å². The van der Waals surface area contributed by atoms with E-state index in [1.165, 1.54) is 17.8 Å². The number of carbonyl (C=O) groups is 1. The first-order valence-electron chi connectivity index (χ1n) is 5.29. The molecule has 2 aromatic rings. The van der Waals surface area contributed by atoms with E-state index in [-0.39, 0.29) is 0 Å². The molecule has 0 aliphatic heterocycles. The Morgan fingerprint density at radius 3 is 2.28 bits per heavy atom. The van der Waals surface area contributed by atoms with Crippen molar-refractivity contribution in [3.05, 3.63) is 59.2 Å². The minimum absolute atomic E-state index is 0.618. The van der Waals surface area contributed by atoms with Crippen molar-refractivity contribution in [2.24, 2.45) is 0 Å². The van der Waals surface area contributed by atoms with Crippen molar-refractivity contribution in [3.8, 4) is 0 Å². The number of aldehydes is 1. The van der Waals surface area contributed by atoms with Gasteiger partial charge < -0.3 is 0 Å². The first-order valence-corrected chi connectivity index (χ1v) is 6.10. The van der Waals surface area contributed by atoms with E-state index < -0.39 is 11.6 Å². The Labute approximate surface area is 108 Å². The van der Waals surface area contributed by atoms with Gasteiger partial charge in [-0.2, -0.15) is 0 Å². The average Bonchev–Trinajstić information content (AvgIpc) is 2.34. The van der Waals surface area contributed by atoms with Crippen LogP contribution in [0, 0.1) is 18.6 Å². The highest BCUT2D eigenvalue weighted by Crippen LogP contribution is 2.29. The normalized spacial score (nSPS) is 10.4. The first kappa shape index (κ1) is 12.8. The molecule has 4 heteroatoms. The van der Waals surface area contributed by atoms with E-state index in [4.69, 9.17) is 0 Å². The Morgan fingerprint density at radius 1 is 1.00 bits per heavy atom. The van der Waals surface area contributed by atoms with Gasteiger partial charge in [0, 0.05) is 15.4 Å². The smallest absolute Gasteiger partial charge is 0.159 e. The lowest BCUT2D eigenvalue weighted by Gasteiger charge is -2.05. The number of halogens is 2. The Hall–Kier alpha value is -1.68. The highest BCUT2D eigenvalue weighted by Gasteiger charge is 2.05. The Balaban J connectivity index is 2.25. The van der Waals surface area contributed by atoms with Crippen molar-refractivity contribution in [3.63, 3.8) is 0 Å². The van der Waals surface area contributed by atoms with E-state index in [0.717, 1.165) is 28.9 Å². The topological polar surface area (TPSA) is 17.1 Å². The van der Waals surface area contributed by atoms with Crippen LogP contribution in [-0.2, 0) is 0 Å². The molecular weight excluding hydrogens is 254 g/mol. The van der Waals surface area contributed by atoms with Gasteiger partial charge in [0.2, 0.25) is 0 Å². The van der Waals surface area contributed by atoms with Crippen LogP contribution < -0.4 is 0 Å². The van der Waals surface area contributed by atoms with Gasteiger partial charge in [0.1, 0.15) is 6.29 Å². The molecule has 0 radical (unpaired) electrons. The monoisotopic (exact) mass is 264 g/mol. The third-order valence-electron chi connectivity index (χ3n) is 2.50. The van der Waals surface area contributed by atoms with Crippen LogP contribution in [0.15, 0.2) is 46.2 Å². The standard InChI is InChI=1S/C14H10F2OS/c1-9-6-11(3-2-10(9)8-17)18-12-4-5-13(15)14(16)7-12/h2-8H,1H3. The fourth-order valence-electron chi connectivity index (χ4n) is 1.52. The van der Waals surface area contributed by atoms with Crippen LogP contribution in [0.3, 0.4) is 0 Å². The molecule has 0 aromatic heterocycles. The van der Waals surface area contributed by atoms with Crippen LogP contribution in [0.5, 0.6) is 0 Å². The van der Waals surface area contributed by atoms with Crippen LogP contribution in [0.4, 0.5) is 8.78 Å². The second-order valence-corrected chi connectivity index (χ2v) is 4.96. The molecule has 1 nitrogen and oxygen atoms in total. The van der Waals surface area contributed by atoms with Crippen molar-refractivity contribution >= 4 is 18.0 Å². The molecule has 0 saturated carbocycles. The second kappa shape index (κ2) is 5.31. The van der Waals surface area contributed by atoms with E-state index in [9.17, 15) is 13.6 Å². The summed E-state index contributed by atoms with van der Waals surface area (Å²) in [4.78, 5) is 12.2. The molecule has 0 aliphatic rings. The molecule has 0 amide bonds. The number of hydrogen-bond acceptors (Lipinski definition) is 2. The third kappa shape index (κ3) is 2.76. The van der Waals surface area contributed by atoms with Crippen molar-refractivity contribution in [1.82, 2.24) is 0 Å². The van der Waals surface area contributed by atoms with Gasteiger partial charge >= 0.3 is 0 Å². The van der Waals surface area contributed by atoms with Gasteiger partial charge in [-0.1, -0.05) is 17.8 Å². The van der Waals surface area contributed by atoms with Crippen LogP contribution in [0.1, 0.15) is 15.9 Å². The Kier molecular flexibility index (Phi) is 3.77. The molecule has 18 heavy (non-hydrogen) atoms. The maximum atomic E-state index is 13.0. The molecule has 0 saturated heterocycles. The predicted molar refractivity (Wildman–Crippen MR) is 67.0 cm³/mol. The molecule has 92 valence electrons. The number of carbonyl (C=O) groups excluding carboxylic acids is 1. The summed E-state index contributed by atoms with van der Waals surface area (Å²) in [7, 11) is 0. The molecule has 0 fully saturated rings. The summed E-state index contributed by atoms with van der Waals surface area (Å²) in [6, 6.07) is 9.11. The number of aryl methyl sites for hydroxylation is 1. The SMILES string of the molecule is Cc1cc(Sc2ccc(F)c(F)c2)ccc1C=O. The fraction of sp³-hybridized carbons (Fsp3) is 0.0714. The summed E-state index contributed by atoms with van der Waals surface area (Å²) in [6.07, 6.45) is 0.793. The Bertz CT molecular complexity index is 596. The van der Waals surface area contributed by atoms with Gasteiger partial charge in [0.25, 0.3) is 0 Å². The van der Waals surface area contributed by atoms with Crippen LogP contribution >= 0.6 is 11.8 Å². The lowest BCUT2D eigenvalue weighted by Crippen LogP contribution is -1.87. The summed E-state index contributed by atoms with van der Waals surface area (Å²) in [6.45, 7) is 1.83. The quantitative estimate of drug-likeness (QED) is 0.771. The predicted octanol–water partition coefficient (Wildman–Crippen LogP) is 4.24. The molecule has 0 unspecified atom stereocenters. The highest BCUT2D eigenvalue weighted by atomic mass is 32.2. The maximum Gasteiger partial charge on any atom is 0.159 e. The number of rotatable bonds is 3. The number of hydrogen-bond donors (Lipinski definition) is 0. The molecule has 2 aromatic carbocycles. The molecule has 0 atom stereocenters. The summed E-state index contributed by atoms with van der Waals surface area (Å²) >= 11 is 1.32. The minimum Gasteiger partial charge on any atom is -0.298 e. The summed E-state index contributed by atoms with van der Waals surface area (Å²) in [5.74, 6) is -1.71. The van der Waals surface area contributed by atoms with Crippen molar-refractivity contribution in [1.29, 1.82) is 0 Å². The molecule has 0 bridgehead atoms. The Morgan fingerprint density at radius 2 is 1.67 bits per heavy atom. The maximum absolute atomic E-state index is 13.0. The first-order chi connectivity index (χ1) is 8.60. The molecule has 0 aliphatic carbocycles. The van der Waals surface area contributed by atoms with Crippen LogP contribution in [0.25, 0.3) is 0 Å². The molecule has 0 N–H and O–H groups in total. The highest BCUT2D eigenvalue weighted by molar-refractivity contribution is 7.99. The second-order valence-electron chi connectivity index (χ2n) is 3.81. The zero-order valence-electron chi connectivity index (χ0n) is 9.61. The van der Waals surface area contributed by atoms with Crippen LogP contribution in [0.2, 0.25) is 0 Å². The van der Waals surface area contributed by atoms with Crippen LogP contribution in [-0.4, -0.2) is 6.29 Å². The van der Waals surface area contributed by atoms with Crippen molar-refractivity contribution in [2.45, 2.75) is 16.7 Å². The van der Waals surface area contributed by atoms with E-state index in [1.54, 1.807) is 12.1 Å². The van der Waals surface area contributed by atoms with E-state index in [2.05, 4.69) is 0 Å². The molecule has 0 spiro atoms. The fourth-order valence-corrected chi connectivity index (χ4v) is 2.46. The minimum atomic E-state index is -0.860. The number of benzene rings is 2. The lowest BCUT2D eigenvalue weighted by molar-refractivity contribution is 0.112. The van der Waals surface area contributed by atoms with Crippen molar-refractivity contribution < 1.29 is 13.6 Å². The average molecular weight is 264 g/mol. The molecule has 0 heterocycles. The van der Waals surface area contributed by atoms with Gasteiger partial charge in [0.05, 0.1) is 0 Å². The van der Waals surface area contributed by atoms with Gasteiger partial charge in [-0.25, -0.2) is 8.78 Å². The molecule has 2 rings (SSSR count). The zero-order valence-corrected chi connectivity index (χ0v) is 10.4. The van der Waals surface area contributed by atoms with Gasteiger partial charge in [-0.3, -0.25) is 4.79 Å². The van der Waals surface area contributed by atoms with E-state index in [1.807, 2.05) is 13.0 Å². The zero-order chi connectivity index (χ0) is 13.1. The summed E-state index contributed by atoms with van der Waals surface area (Å²) in [5.41, 5.74) is 1.49. The lowest BCUT2D eigenvalue weighted by atomic mass is 10.1. The van der Waals surface area contributed by atoms with E-state index >= 15 is 0 Å². The summed E-state index contributed by atoms with van der Waals surface area (Å²) < 4.78 is 25.8. The largest absolute Gasteiger partial charge is 0.298 e. The summed E-state index contributed by atoms with van der Waals surface area (Å²) in [5, 5.41) is 0.